The Hall–Kier alpha value is -1.55. The highest BCUT2D eigenvalue weighted by Gasteiger charge is 2.30. The molecule has 2 rings (SSSR count). The number of rotatable bonds is 5. The first-order valence-electron chi connectivity index (χ1n) is 6.41. The van der Waals surface area contributed by atoms with Crippen molar-refractivity contribution in [2.24, 2.45) is 5.73 Å². The summed E-state index contributed by atoms with van der Waals surface area (Å²) < 4.78 is 5.32. The Kier molecular flexibility index (Phi) is 4.20. The van der Waals surface area contributed by atoms with Crippen LogP contribution in [-0.4, -0.2) is 30.2 Å². The molecule has 1 aliphatic heterocycles. The van der Waals surface area contributed by atoms with Crippen LogP contribution in [0.1, 0.15) is 24.0 Å². The van der Waals surface area contributed by atoms with E-state index in [1.165, 1.54) is 11.1 Å². The molecule has 2 N–H and O–H groups in total. The SMILES string of the molecule is Cc1ccccc1CN1CC(CCCN)OC1=O. The zero-order valence-corrected chi connectivity index (χ0v) is 10.8. The summed E-state index contributed by atoms with van der Waals surface area (Å²) in [5, 5.41) is 0. The third kappa shape index (κ3) is 3.01. The van der Waals surface area contributed by atoms with E-state index in [0.29, 0.717) is 19.6 Å². The Morgan fingerprint density at radius 2 is 2.22 bits per heavy atom. The number of benzene rings is 1. The predicted molar refractivity (Wildman–Crippen MR) is 70.1 cm³/mol. The second-order valence-corrected chi connectivity index (χ2v) is 4.74. The highest BCUT2D eigenvalue weighted by molar-refractivity contribution is 5.70. The van der Waals surface area contributed by atoms with Crippen molar-refractivity contribution in [2.75, 3.05) is 13.1 Å². The summed E-state index contributed by atoms with van der Waals surface area (Å²) in [5.74, 6) is 0. The zero-order chi connectivity index (χ0) is 13.0. The normalized spacial score (nSPS) is 19.1. The van der Waals surface area contributed by atoms with E-state index in [2.05, 4.69) is 19.1 Å². The van der Waals surface area contributed by atoms with Crippen LogP contribution in [0.3, 0.4) is 0 Å². The van der Waals surface area contributed by atoms with Crippen molar-refractivity contribution < 1.29 is 9.53 Å². The minimum atomic E-state index is -0.208. The number of nitrogens with zero attached hydrogens (tertiary/aromatic N) is 1. The van der Waals surface area contributed by atoms with Gasteiger partial charge in [-0.05, 0) is 37.4 Å². The first-order valence-corrected chi connectivity index (χ1v) is 6.41. The molecular formula is C14H20N2O2. The number of carbonyl (C=O) groups excluding carboxylic acids is 1. The van der Waals surface area contributed by atoms with Crippen LogP contribution in [-0.2, 0) is 11.3 Å². The summed E-state index contributed by atoms with van der Waals surface area (Å²) in [4.78, 5) is 13.5. The van der Waals surface area contributed by atoms with Gasteiger partial charge in [-0.15, -0.1) is 0 Å². The van der Waals surface area contributed by atoms with Gasteiger partial charge in [0.25, 0.3) is 0 Å². The zero-order valence-electron chi connectivity index (χ0n) is 10.8. The van der Waals surface area contributed by atoms with E-state index in [4.69, 9.17) is 10.5 Å². The fraction of sp³-hybridized carbons (Fsp3) is 0.500. The lowest BCUT2D eigenvalue weighted by molar-refractivity contribution is 0.127. The minimum absolute atomic E-state index is 0.00469. The fourth-order valence-electron chi connectivity index (χ4n) is 2.19. The van der Waals surface area contributed by atoms with Crippen LogP contribution in [0.15, 0.2) is 24.3 Å². The summed E-state index contributed by atoms with van der Waals surface area (Å²) in [6.45, 7) is 4.01. The van der Waals surface area contributed by atoms with Gasteiger partial charge < -0.3 is 15.4 Å². The average molecular weight is 248 g/mol. The number of hydrogen-bond acceptors (Lipinski definition) is 3. The Labute approximate surface area is 108 Å². The van der Waals surface area contributed by atoms with Gasteiger partial charge in [-0.1, -0.05) is 24.3 Å². The number of nitrogens with two attached hydrogens (primary N) is 1. The second-order valence-electron chi connectivity index (χ2n) is 4.74. The Morgan fingerprint density at radius 3 is 2.94 bits per heavy atom. The van der Waals surface area contributed by atoms with Crippen LogP contribution in [0, 0.1) is 6.92 Å². The van der Waals surface area contributed by atoms with Crippen molar-refractivity contribution in [1.82, 2.24) is 4.90 Å². The van der Waals surface area contributed by atoms with Gasteiger partial charge in [0.15, 0.2) is 0 Å². The van der Waals surface area contributed by atoms with Crippen molar-refractivity contribution in [3.05, 3.63) is 35.4 Å². The summed E-state index contributed by atoms with van der Waals surface area (Å²) >= 11 is 0. The molecule has 0 bridgehead atoms. The van der Waals surface area contributed by atoms with E-state index in [1.54, 1.807) is 4.90 Å². The molecule has 4 heteroatoms. The molecule has 1 heterocycles. The van der Waals surface area contributed by atoms with Gasteiger partial charge in [0.1, 0.15) is 6.10 Å². The number of amides is 1. The number of hydrogen-bond donors (Lipinski definition) is 1. The van der Waals surface area contributed by atoms with Gasteiger partial charge in [0, 0.05) is 6.54 Å². The van der Waals surface area contributed by atoms with Crippen molar-refractivity contribution in [3.63, 3.8) is 0 Å². The number of aryl methyl sites for hydroxylation is 1. The van der Waals surface area contributed by atoms with E-state index >= 15 is 0 Å². The molecule has 98 valence electrons. The van der Waals surface area contributed by atoms with Crippen LogP contribution < -0.4 is 5.73 Å². The topological polar surface area (TPSA) is 55.6 Å². The molecule has 4 nitrogen and oxygen atoms in total. The molecule has 1 atom stereocenters. The molecule has 1 amide bonds. The van der Waals surface area contributed by atoms with E-state index in [9.17, 15) is 4.79 Å². The minimum Gasteiger partial charge on any atom is -0.444 e. The van der Waals surface area contributed by atoms with Crippen LogP contribution in [0.25, 0.3) is 0 Å². The first kappa shape index (κ1) is 12.9. The quantitative estimate of drug-likeness (QED) is 0.867. The van der Waals surface area contributed by atoms with Gasteiger partial charge in [-0.25, -0.2) is 4.79 Å². The molecule has 1 aromatic carbocycles. The third-order valence-corrected chi connectivity index (χ3v) is 3.30. The molecule has 1 fully saturated rings. The molecule has 0 aromatic heterocycles. The molecule has 0 aliphatic carbocycles. The first-order chi connectivity index (χ1) is 8.70. The maximum Gasteiger partial charge on any atom is 0.410 e. The van der Waals surface area contributed by atoms with Crippen LogP contribution in [0.5, 0.6) is 0 Å². The summed E-state index contributed by atoms with van der Waals surface area (Å²) in [7, 11) is 0. The molecule has 1 saturated heterocycles. The van der Waals surface area contributed by atoms with Gasteiger partial charge in [0.2, 0.25) is 0 Å². The van der Waals surface area contributed by atoms with Crippen molar-refractivity contribution in [2.45, 2.75) is 32.4 Å². The summed E-state index contributed by atoms with van der Waals surface area (Å²) in [6.07, 6.45) is 1.55. The predicted octanol–water partition coefficient (Wildman–Crippen LogP) is 2.05. The van der Waals surface area contributed by atoms with E-state index in [1.807, 2.05) is 12.1 Å². The molecule has 18 heavy (non-hydrogen) atoms. The van der Waals surface area contributed by atoms with E-state index in [-0.39, 0.29) is 12.2 Å². The standard InChI is InChI=1S/C14H20N2O2/c1-11-5-2-3-6-12(11)9-16-10-13(7-4-8-15)18-14(16)17/h2-3,5-6,13H,4,7-10,15H2,1H3. The van der Waals surface area contributed by atoms with Crippen molar-refractivity contribution in [3.8, 4) is 0 Å². The monoisotopic (exact) mass is 248 g/mol. The number of carbonyl (C=O) groups is 1. The second kappa shape index (κ2) is 5.87. The smallest absolute Gasteiger partial charge is 0.410 e. The van der Waals surface area contributed by atoms with Crippen molar-refractivity contribution in [1.29, 1.82) is 0 Å². The van der Waals surface area contributed by atoms with E-state index < -0.39 is 0 Å². The molecule has 1 unspecified atom stereocenters. The van der Waals surface area contributed by atoms with Gasteiger partial charge in [-0.2, -0.15) is 0 Å². The Morgan fingerprint density at radius 1 is 1.44 bits per heavy atom. The lowest BCUT2D eigenvalue weighted by atomic mass is 10.1. The maximum absolute atomic E-state index is 11.7. The third-order valence-electron chi connectivity index (χ3n) is 3.30. The molecule has 0 radical (unpaired) electrons. The van der Waals surface area contributed by atoms with Crippen molar-refractivity contribution >= 4 is 6.09 Å². The molecule has 0 spiro atoms. The maximum atomic E-state index is 11.7. The largest absolute Gasteiger partial charge is 0.444 e. The molecule has 1 aliphatic rings. The summed E-state index contributed by atoms with van der Waals surface area (Å²) in [6, 6.07) is 8.11. The van der Waals surface area contributed by atoms with Crippen LogP contribution in [0.4, 0.5) is 4.79 Å². The lowest BCUT2D eigenvalue weighted by Gasteiger charge is -2.14. The van der Waals surface area contributed by atoms with Gasteiger partial charge >= 0.3 is 6.09 Å². The highest BCUT2D eigenvalue weighted by Crippen LogP contribution is 2.19. The Bertz CT molecular complexity index is 420. The number of ether oxygens (including phenoxy) is 1. The lowest BCUT2D eigenvalue weighted by Crippen LogP contribution is -2.25. The van der Waals surface area contributed by atoms with Crippen LogP contribution >= 0.6 is 0 Å². The summed E-state index contributed by atoms with van der Waals surface area (Å²) in [5.41, 5.74) is 7.84. The molecular weight excluding hydrogens is 228 g/mol. The molecule has 1 aromatic rings. The molecule has 0 saturated carbocycles. The Balaban J connectivity index is 1.94. The number of cyclic esters (lactones) is 1. The average Bonchev–Trinajstić information content (AvgIpc) is 2.70. The van der Waals surface area contributed by atoms with E-state index in [0.717, 1.165) is 12.8 Å². The van der Waals surface area contributed by atoms with Gasteiger partial charge in [-0.3, -0.25) is 0 Å². The fourth-order valence-corrected chi connectivity index (χ4v) is 2.19. The van der Waals surface area contributed by atoms with Gasteiger partial charge in [0.05, 0.1) is 6.54 Å². The van der Waals surface area contributed by atoms with Crippen LogP contribution in [0.2, 0.25) is 0 Å². The highest BCUT2D eigenvalue weighted by atomic mass is 16.6.